The monoisotopic (exact) mass is 320 g/mol. The minimum Gasteiger partial charge on any atom is -0.462 e. The van der Waals surface area contributed by atoms with Gasteiger partial charge in [0.25, 0.3) is 0 Å². The predicted octanol–water partition coefficient (Wildman–Crippen LogP) is 0.999. The Bertz CT molecular complexity index is 435. The van der Waals surface area contributed by atoms with Crippen LogP contribution in [0.25, 0.3) is 0 Å². The molecule has 0 spiro atoms. The van der Waals surface area contributed by atoms with Gasteiger partial charge in [0.1, 0.15) is 6.10 Å². The van der Waals surface area contributed by atoms with Crippen LogP contribution in [0.3, 0.4) is 0 Å². The molecule has 0 saturated carbocycles. The van der Waals surface area contributed by atoms with E-state index in [9.17, 15) is 31.9 Å². The Kier molecular flexibility index (Phi) is 4.66. The highest BCUT2D eigenvalue weighted by molar-refractivity contribution is 5.86. The normalized spacial score (nSPS) is 32.6. The van der Waals surface area contributed by atoms with Crippen molar-refractivity contribution in [1.82, 2.24) is 0 Å². The molecular formula is C11H13F5O5. The Morgan fingerprint density at radius 1 is 1.48 bits per heavy atom. The molecule has 10 heteroatoms. The topological polar surface area (TPSA) is 76.0 Å². The number of hydrogen-bond acceptors (Lipinski definition) is 5. The van der Waals surface area contributed by atoms with E-state index in [2.05, 4.69) is 16.1 Å². The van der Waals surface area contributed by atoms with Crippen molar-refractivity contribution in [3.8, 4) is 0 Å². The number of hydrogen-bond donors (Lipinski definition) is 2. The van der Waals surface area contributed by atoms with Crippen molar-refractivity contribution in [2.24, 2.45) is 5.92 Å². The number of esters is 1. The number of carbonyl (C=O) groups excluding carboxylic acids is 1. The molecule has 122 valence electrons. The highest BCUT2D eigenvalue weighted by Crippen LogP contribution is 2.49. The van der Waals surface area contributed by atoms with E-state index in [1.54, 1.807) is 0 Å². The van der Waals surface area contributed by atoms with Gasteiger partial charge in [-0.25, -0.2) is 4.79 Å². The van der Waals surface area contributed by atoms with Crippen LogP contribution >= 0.6 is 0 Å². The zero-order valence-corrected chi connectivity index (χ0v) is 10.8. The Balaban J connectivity index is 2.86. The smallest absolute Gasteiger partial charge is 0.449 e. The fraction of sp³-hybridized carbons (Fsp3) is 0.727. The van der Waals surface area contributed by atoms with Gasteiger partial charge in [-0.2, -0.15) is 22.0 Å². The molecule has 1 saturated heterocycles. The van der Waals surface area contributed by atoms with Crippen LogP contribution in [0.5, 0.6) is 0 Å². The molecule has 0 aliphatic carbocycles. The number of carbonyl (C=O) groups is 1. The van der Waals surface area contributed by atoms with Gasteiger partial charge in [0.15, 0.2) is 0 Å². The van der Waals surface area contributed by atoms with Crippen molar-refractivity contribution in [2.45, 2.75) is 30.9 Å². The molecule has 0 aromatic carbocycles. The van der Waals surface area contributed by atoms with E-state index >= 15 is 0 Å². The zero-order chi connectivity index (χ0) is 16.6. The molecular weight excluding hydrogens is 307 g/mol. The van der Waals surface area contributed by atoms with Gasteiger partial charge in [0.05, 0.1) is 13.2 Å². The fourth-order valence-corrected chi connectivity index (χ4v) is 1.63. The third kappa shape index (κ3) is 3.01. The lowest BCUT2D eigenvalue weighted by Crippen LogP contribution is -2.70. The molecule has 0 amide bonds. The molecule has 1 heterocycles. The van der Waals surface area contributed by atoms with Gasteiger partial charge >= 0.3 is 23.9 Å². The van der Waals surface area contributed by atoms with Crippen LogP contribution < -0.4 is 0 Å². The van der Waals surface area contributed by atoms with Gasteiger partial charge in [0, 0.05) is 11.5 Å². The molecule has 1 aliphatic heterocycles. The summed E-state index contributed by atoms with van der Waals surface area (Å²) in [5, 5.41) is 18.4. The fourth-order valence-electron chi connectivity index (χ4n) is 1.63. The second-order valence-electron chi connectivity index (χ2n) is 4.66. The molecule has 5 nitrogen and oxygen atoms in total. The first-order valence-corrected chi connectivity index (χ1v) is 5.66. The molecule has 2 N–H and O–H groups in total. The molecule has 0 bridgehead atoms. The van der Waals surface area contributed by atoms with Gasteiger partial charge in [-0.15, -0.1) is 0 Å². The van der Waals surface area contributed by atoms with Crippen LogP contribution in [0.4, 0.5) is 22.0 Å². The van der Waals surface area contributed by atoms with Gasteiger partial charge in [-0.1, -0.05) is 6.58 Å². The van der Waals surface area contributed by atoms with Crippen molar-refractivity contribution >= 4 is 5.97 Å². The minimum atomic E-state index is -5.81. The molecule has 3 atom stereocenters. The summed E-state index contributed by atoms with van der Waals surface area (Å²) in [6, 6.07) is 0. The van der Waals surface area contributed by atoms with Crippen molar-refractivity contribution in [1.29, 1.82) is 0 Å². The van der Waals surface area contributed by atoms with Crippen LogP contribution in [0, 0.1) is 5.92 Å². The second kappa shape index (κ2) is 5.50. The van der Waals surface area contributed by atoms with Crippen molar-refractivity contribution in [3.63, 3.8) is 0 Å². The van der Waals surface area contributed by atoms with Crippen molar-refractivity contribution in [2.75, 3.05) is 13.2 Å². The largest absolute Gasteiger partial charge is 0.462 e. The number of halogens is 5. The highest BCUT2D eigenvalue weighted by Gasteiger charge is 2.76. The molecule has 1 rings (SSSR count). The number of aliphatic hydroxyl groups excluding tert-OH is 1. The van der Waals surface area contributed by atoms with Crippen molar-refractivity contribution < 1.29 is 46.4 Å². The summed E-state index contributed by atoms with van der Waals surface area (Å²) < 4.78 is 72.9. The van der Waals surface area contributed by atoms with Gasteiger partial charge in [0.2, 0.25) is 0 Å². The lowest BCUT2D eigenvalue weighted by atomic mass is 9.89. The summed E-state index contributed by atoms with van der Waals surface area (Å²) in [6.45, 7) is 2.61. The average molecular weight is 320 g/mol. The Labute approximate surface area is 115 Å². The summed E-state index contributed by atoms with van der Waals surface area (Å²) in [6.07, 6.45) is -8.72. The molecule has 3 unspecified atom stereocenters. The number of ether oxygens (including phenoxy) is 2. The molecule has 0 aromatic heterocycles. The predicted molar refractivity (Wildman–Crippen MR) is 57.2 cm³/mol. The van der Waals surface area contributed by atoms with E-state index in [0.717, 1.165) is 0 Å². The maximum absolute atomic E-state index is 13.6. The summed E-state index contributed by atoms with van der Waals surface area (Å²) in [7, 11) is 0. The van der Waals surface area contributed by atoms with E-state index in [1.165, 1.54) is 6.92 Å². The summed E-state index contributed by atoms with van der Waals surface area (Å²) in [4.78, 5) is 11.1. The van der Waals surface area contributed by atoms with E-state index in [-0.39, 0.29) is 5.57 Å². The Morgan fingerprint density at radius 3 is 2.43 bits per heavy atom. The average Bonchev–Trinajstić information content (AvgIpc) is 2.34. The maximum atomic E-state index is 13.6. The van der Waals surface area contributed by atoms with E-state index in [1.807, 2.05) is 0 Å². The SMILES string of the molecule is C=C(C)C(=O)OCC1COC(O)(C(F)(F)F)C(F)(F)C1O. The van der Waals surface area contributed by atoms with Crippen LogP contribution in [0.1, 0.15) is 6.92 Å². The zero-order valence-electron chi connectivity index (χ0n) is 10.8. The number of rotatable bonds is 3. The lowest BCUT2D eigenvalue weighted by molar-refractivity contribution is -0.463. The summed E-state index contributed by atoms with van der Waals surface area (Å²) >= 11 is 0. The first-order valence-electron chi connectivity index (χ1n) is 5.66. The van der Waals surface area contributed by atoms with Crippen LogP contribution in [0.15, 0.2) is 12.2 Å². The maximum Gasteiger partial charge on any atom is 0.449 e. The van der Waals surface area contributed by atoms with E-state index < -0.39 is 49.1 Å². The third-order valence-electron chi connectivity index (χ3n) is 2.94. The molecule has 1 fully saturated rings. The highest BCUT2D eigenvalue weighted by atomic mass is 19.4. The Morgan fingerprint density at radius 2 is 2.00 bits per heavy atom. The quantitative estimate of drug-likeness (QED) is 0.461. The summed E-state index contributed by atoms with van der Waals surface area (Å²) in [5.74, 6) is -12.4. The number of alkyl halides is 5. The molecule has 21 heavy (non-hydrogen) atoms. The van der Waals surface area contributed by atoms with Crippen LogP contribution in [-0.2, 0) is 14.3 Å². The van der Waals surface area contributed by atoms with E-state index in [0.29, 0.717) is 0 Å². The summed E-state index contributed by atoms with van der Waals surface area (Å²) in [5.41, 5.74) is -0.0558. The van der Waals surface area contributed by atoms with Gasteiger partial charge in [-0.3, -0.25) is 0 Å². The molecule has 0 radical (unpaired) electrons. The second-order valence-corrected chi connectivity index (χ2v) is 4.66. The Hall–Kier alpha value is -1.26. The molecule has 0 aromatic rings. The third-order valence-corrected chi connectivity index (χ3v) is 2.94. The van der Waals surface area contributed by atoms with Gasteiger partial charge in [-0.05, 0) is 6.92 Å². The van der Waals surface area contributed by atoms with E-state index in [4.69, 9.17) is 5.11 Å². The van der Waals surface area contributed by atoms with Crippen LogP contribution in [-0.4, -0.2) is 53.4 Å². The first kappa shape index (κ1) is 17.8. The standard InChI is InChI=1S/C11H13F5O5/c1-5(2)8(18)20-3-6-4-21-10(19,11(14,15)16)9(12,13)7(6)17/h6-7,17,19H,1,3-4H2,2H3. The van der Waals surface area contributed by atoms with Gasteiger partial charge < -0.3 is 19.7 Å². The minimum absolute atomic E-state index is 0.0558. The van der Waals surface area contributed by atoms with Crippen molar-refractivity contribution in [3.05, 3.63) is 12.2 Å². The molecule has 1 aliphatic rings. The number of aliphatic hydroxyl groups is 2. The first-order chi connectivity index (χ1) is 9.34. The van der Waals surface area contributed by atoms with Crippen LogP contribution in [0.2, 0.25) is 0 Å². The lowest BCUT2D eigenvalue weighted by Gasteiger charge is -2.45.